The smallest absolute Gasteiger partial charge is 0.261 e. The Hall–Kier alpha value is -1.90. The molecule has 0 spiro atoms. The largest absolute Gasteiger partial charge is 0.496 e. The summed E-state index contributed by atoms with van der Waals surface area (Å²) >= 11 is 4.69. The lowest BCUT2D eigenvalue weighted by Gasteiger charge is -2.06. The van der Waals surface area contributed by atoms with E-state index in [9.17, 15) is 4.79 Å². The van der Waals surface area contributed by atoms with Crippen LogP contribution in [0.4, 0.5) is 5.13 Å². The molecule has 0 unspecified atom stereocenters. The van der Waals surface area contributed by atoms with Crippen molar-refractivity contribution in [3.63, 3.8) is 0 Å². The van der Waals surface area contributed by atoms with Crippen LogP contribution in [-0.4, -0.2) is 23.2 Å². The third-order valence-corrected chi connectivity index (χ3v) is 5.98. The number of nitrogens with zero attached hydrogens (tertiary/aromatic N) is 2. The Bertz CT molecular complexity index is 787. The molecule has 1 amide bonds. The first kappa shape index (κ1) is 16.0. The second kappa shape index (κ2) is 7.58. The van der Waals surface area contributed by atoms with Crippen molar-refractivity contribution in [3.05, 3.63) is 52.2 Å². The van der Waals surface area contributed by atoms with Crippen LogP contribution in [0.15, 0.2) is 46.1 Å². The second-order valence-corrected chi connectivity index (χ2v) is 7.63. The molecule has 0 bridgehead atoms. The second-order valence-electron chi connectivity index (χ2n) is 4.40. The van der Waals surface area contributed by atoms with Gasteiger partial charge in [-0.05, 0) is 23.6 Å². The highest BCUT2D eigenvalue weighted by Gasteiger charge is 2.14. The molecule has 1 N–H and O–H groups in total. The number of anilines is 1. The number of hydrogen-bond acceptors (Lipinski definition) is 7. The fraction of sp³-hybridized carbons (Fsp3) is 0.133. The van der Waals surface area contributed by atoms with Gasteiger partial charge < -0.3 is 4.74 Å². The maximum atomic E-state index is 12.3. The number of rotatable bonds is 6. The normalized spacial score (nSPS) is 10.5. The maximum absolute atomic E-state index is 12.3. The summed E-state index contributed by atoms with van der Waals surface area (Å²) in [5.74, 6) is 1.13. The summed E-state index contributed by atoms with van der Waals surface area (Å²) in [6.07, 6.45) is 0. The summed E-state index contributed by atoms with van der Waals surface area (Å²) in [5, 5.41) is 13.4. The summed E-state index contributed by atoms with van der Waals surface area (Å²) in [4.78, 5) is 13.6. The van der Waals surface area contributed by atoms with Gasteiger partial charge in [0.05, 0.1) is 12.7 Å². The Balaban J connectivity index is 1.63. The minimum absolute atomic E-state index is 0.256. The average Bonchev–Trinajstić information content (AvgIpc) is 3.24. The van der Waals surface area contributed by atoms with E-state index in [1.54, 1.807) is 41.3 Å². The van der Waals surface area contributed by atoms with Crippen LogP contribution in [0.3, 0.4) is 0 Å². The molecular weight excluding hydrogens is 350 g/mol. The predicted octanol–water partition coefficient (Wildman–Crippen LogP) is 4.15. The molecular formula is C15H13N3O2S3. The number of carbonyl (C=O) groups is 1. The monoisotopic (exact) mass is 363 g/mol. The minimum Gasteiger partial charge on any atom is -0.496 e. The molecule has 0 fully saturated rings. The van der Waals surface area contributed by atoms with Gasteiger partial charge in [-0.25, -0.2) is 0 Å². The highest BCUT2D eigenvalue weighted by molar-refractivity contribution is 8.00. The van der Waals surface area contributed by atoms with E-state index >= 15 is 0 Å². The number of ether oxygens (including phenoxy) is 1. The molecule has 0 radical (unpaired) electrons. The number of carbonyl (C=O) groups excluding carboxylic acids is 1. The van der Waals surface area contributed by atoms with Gasteiger partial charge in [-0.2, -0.15) is 0 Å². The number of hydrogen-bond donors (Lipinski definition) is 1. The van der Waals surface area contributed by atoms with Crippen molar-refractivity contribution in [1.29, 1.82) is 0 Å². The van der Waals surface area contributed by atoms with Crippen LogP contribution in [0, 0.1) is 0 Å². The Kier molecular flexibility index (Phi) is 5.27. The van der Waals surface area contributed by atoms with Crippen molar-refractivity contribution in [1.82, 2.24) is 10.2 Å². The third kappa shape index (κ3) is 4.10. The van der Waals surface area contributed by atoms with Crippen LogP contribution in [0.2, 0.25) is 0 Å². The zero-order valence-corrected chi connectivity index (χ0v) is 14.6. The molecule has 0 atom stereocenters. The molecule has 2 aromatic heterocycles. The molecule has 23 heavy (non-hydrogen) atoms. The van der Waals surface area contributed by atoms with Crippen LogP contribution >= 0.6 is 34.4 Å². The van der Waals surface area contributed by atoms with Crippen molar-refractivity contribution in [2.75, 3.05) is 12.4 Å². The van der Waals surface area contributed by atoms with E-state index in [0.717, 1.165) is 10.1 Å². The number of para-hydroxylation sites is 1. The minimum atomic E-state index is -0.256. The standard InChI is InChI=1S/C15H13N3O2S3/c1-20-12-7-3-2-6-11(12)13(19)16-14-17-18-15(23-14)22-9-10-5-4-8-21-10/h2-8H,9H2,1H3,(H,16,17,19). The number of thioether (sulfide) groups is 1. The van der Waals surface area contributed by atoms with Crippen molar-refractivity contribution in [3.8, 4) is 5.75 Å². The van der Waals surface area contributed by atoms with E-state index in [1.807, 2.05) is 12.1 Å². The van der Waals surface area contributed by atoms with Crippen LogP contribution in [0.5, 0.6) is 5.75 Å². The highest BCUT2D eigenvalue weighted by Crippen LogP contribution is 2.30. The van der Waals surface area contributed by atoms with Crippen molar-refractivity contribution < 1.29 is 9.53 Å². The number of nitrogens with one attached hydrogen (secondary N) is 1. The van der Waals surface area contributed by atoms with Crippen molar-refractivity contribution >= 4 is 45.5 Å². The van der Waals surface area contributed by atoms with Crippen LogP contribution < -0.4 is 10.1 Å². The van der Waals surface area contributed by atoms with Gasteiger partial charge in [0.15, 0.2) is 4.34 Å². The molecule has 1 aromatic carbocycles. The van der Waals surface area contributed by atoms with Crippen LogP contribution in [0.1, 0.15) is 15.2 Å². The van der Waals surface area contributed by atoms with E-state index in [0.29, 0.717) is 16.4 Å². The highest BCUT2D eigenvalue weighted by atomic mass is 32.2. The van der Waals surface area contributed by atoms with Crippen LogP contribution in [-0.2, 0) is 5.75 Å². The Labute approximate surface area is 145 Å². The Morgan fingerprint density at radius 3 is 2.91 bits per heavy atom. The molecule has 5 nitrogen and oxygen atoms in total. The van der Waals surface area contributed by atoms with Gasteiger partial charge in [0.1, 0.15) is 5.75 Å². The summed E-state index contributed by atoms with van der Waals surface area (Å²) in [6, 6.07) is 11.2. The summed E-state index contributed by atoms with van der Waals surface area (Å²) < 4.78 is 6.02. The number of amides is 1. The van der Waals surface area contributed by atoms with Crippen molar-refractivity contribution in [2.24, 2.45) is 0 Å². The topological polar surface area (TPSA) is 64.1 Å². The van der Waals surface area contributed by atoms with Crippen LogP contribution in [0.25, 0.3) is 0 Å². The summed E-state index contributed by atoms with van der Waals surface area (Å²) in [5.41, 5.74) is 0.470. The summed E-state index contributed by atoms with van der Waals surface area (Å²) in [6.45, 7) is 0. The van der Waals surface area contributed by atoms with E-state index in [1.165, 1.54) is 23.3 Å². The fourth-order valence-electron chi connectivity index (χ4n) is 1.84. The zero-order chi connectivity index (χ0) is 16.1. The Morgan fingerprint density at radius 1 is 1.26 bits per heavy atom. The van der Waals surface area contributed by atoms with Crippen molar-refractivity contribution in [2.45, 2.75) is 10.1 Å². The Morgan fingerprint density at radius 2 is 2.13 bits per heavy atom. The van der Waals surface area contributed by atoms with Gasteiger partial charge in [-0.3, -0.25) is 10.1 Å². The molecule has 0 saturated carbocycles. The lowest BCUT2D eigenvalue weighted by Crippen LogP contribution is -2.12. The van der Waals surface area contributed by atoms with Gasteiger partial charge in [0, 0.05) is 10.6 Å². The SMILES string of the molecule is COc1ccccc1C(=O)Nc1nnc(SCc2cccs2)s1. The number of thiophene rings is 1. The molecule has 3 aromatic rings. The molecule has 118 valence electrons. The molecule has 8 heteroatoms. The van der Waals surface area contributed by atoms with E-state index in [2.05, 4.69) is 27.0 Å². The van der Waals surface area contributed by atoms with E-state index in [4.69, 9.17) is 4.74 Å². The van der Waals surface area contributed by atoms with Gasteiger partial charge >= 0.3 is 0 Å². The molecule has 3 rings (SSSR count). The van der Waals surface area contributed by atoms with E-state index in [-0.39, 0.29) is 5.91 Å². The quantitative estimate of drug-likeness (QED) is 0.526. The third-order valence-electron chi connectivity index (χ3n) is 2.90. The first-order valence-corrected chi connectivity index (χ1v) is 9.37. The van der Waals surface area contributed by atoms with Gasteiger partial charge in [-0.15, -0.1) is 21.5 Å². The first-order chi connectivity index (χ1) is 11.3. The molecule has 0 aliphatic rings. The zero-order valence-electron chi connectivity index (χ0n) is 12.2. The number of methoxy groups -OCH3 is 1. The molecule has 0 saturated heterocycles. The summed E-state index contributed by atoms with van der Waals surface area (Å²) in [7, 11) is 1.54. The van der Waals surface area contributed by atoms with Gasteiger partial charge in [0.2, 0.25) is 5.13 Å². The first-order valence-electron chi connectivity index (χ1n) is 6.69. The number of aromatic nitrogens is 2. The van der Waals surface area contributed by atoms with E-state index < -0.39 is 0 Å². The fourth-order valence-corrected chi connectivity index (χ4v) is 4.36. The average molecular weight is 363 g/mol. The molecule has 2 heterocycles. The van der Waals surface area contributed by atoms with Gasteiger partial charge in [-0.1, -0.05) is 41.3 Å². The number of benzene rings is 1. The molecule has 0 aliphatic heterocycles. The maximum Gasteiger partial charge on any atom is 0.261 e. The molecule has 0 aliphatic carbocycles. The predicted molar refractivity (Wildman–Crippen MR) is 94.7 cm³/mol. The lowest BCUT2D eigenvalue weighted by molar-refractivity contribution is 0.102. The van der Waals surface area contributed by atoms with Gasteiger partial charge in [0.25, 0.3) is 5.91 Å². The lowest BCUT2D eigenvalue weighted by atomic mass is 10.2.